The highest BCUT2D eigenvalue weighted by Gasteiger charge is 2.29. The number of halogens is 6. The maximum Gasteiger partial charge on any atom is 0.422 e. The maximum absolute atomic E-state index is 12.5. The molecule has 0 radical (unpaired) electrons. The minimum absolute atomic E-state index is 0.0288. The van der Waals surface area contributed by atoms with E-state index in [-0.39, 0.29) is 11.4 Å². The van der Waals surface area contributed by atoms with Crippen LogP contribution in [0.5, 0.6) is 5.75 Å². The Morgan fingerprint density at radius 3 is 2.18 bits per heavy atom. The summed E-state index contributed by atoms with van der Waals surface area (Å²) >= 11 is 0. The molecule has 2 aromatic rings. The fraction of sp³-hybridized carbons (Fsp3) is 0.312. The summed E-state index contributed by atoms with van der Waals surface area (Å²) in [5.41, 5.74) is -1.85. The van der Waals surface area contributed by atoms with Gasteiger partial charge >= 0.3 is 12.4 Å². The maximum atomic E-state index is 12.5. The van der Waals surface area contributed by atoms with E-state index >= 15 is 0 Å². The Kier molecular flexibility index (Phi) is 6.00. The van der Waals surface area contributed by atoms with Gasteiger partial charge in [-0.25, -0.2) is 4.98 Å². The molecule has 6 nitrogen and oxygen atoms in total. The third-order valence-corrected chi connectivity index (χ3v) is 3.33. The summed E-state index contributed by atoms with van der Waals surface area (Å²) in [6.07, 6.45) is -11.3. The van der Waals surface area contributed by atoms with Crippen LogP contribution in [0.4, 0.5) is 26.3 Å². The third kappa shape index (κ3) is 5.99. The number of aromatic nitrogens is 2. The Labute approximate surface area is 153 Å². The van der Waals surface area contributed by atoms with Crippen molar-refractivity contribution in [3.8, 4) is 11.4 Å². The molecule has 0 unspecified atom stereocenters. The van der Waals surface area contributed by atoms with E-state index in [4.69, 9.17) is 0 Å². The van der Waals surface area contributed by atoms with Gasteiger partial charge in [0.15, 0.2) is 6.61 Å². The van der Waals surface area contributed by atoms with E-state index in [0.717, 1.165) is 28.8 Å². The van der Waals surface area contributed by atoms with Gasteiger partial charge < -0.3 is 14.6 Å². The first-order chi connectivity index (χ1) is 12.9. The molecule has 0 amide bonds. The Bertz CT molecular complexity index is 903. The van der Waals surface area contributed by atoms with Gasteiger partial charge in [-0.1, -0.05) is 0 Å². The Morgan fingerprint density at radius 1 is 1.07 bits per heavy atom. The average molecular weight is 409 g/mol. The molecule has 0 saturated heterocycles. The number of hydrogen-bond acceptors (Lipinski definition) is 5. The van der Waals surface area contributed by atoms with E-state index < -0.39 is 54.8 Å². The summed E-state index contributed by atoms with van der Waals surface area (Å²) < 4.78 is 79.2. The van der Waals surface area contributed by atoms with Gasteiger partial charge in [0, 0.05) is 12.5 Å². The largest absolute Gasteiger partial charge is 0.543 e. The van der Waals surface area contributed by atoms with Gasteiger partial charge in [0.1, 0.15) is 11.6 Å². The molecule has 2 rings (SSSR count). The van der Waals surface area contributed by atoms with Crippen LogP contribution in [0.3, 0.4) is 0 Å². The van der Waals surface area contributed by atoms with Crippen LogP contribution in [0, 0.1) is 0 Å². The molecule has 0 spiro atoms. The summed E-state index contributed by atoms with van der Waals surface area (Å²) in [5.74, 6) is -2.52. The standard InChI is InChI=1S/C16H12F6N2O4/c17-15(18,19)6-5-12-23-11(14(26)27)7-13(25)24(12)9-1-3-10(4-2-9)28-8-16(20,21)22/h1-4,7H,5-6,8H2,(H,26,27)/p-1. The number of benzene rings is 1. The van der Waals surface area contributed by atoms with Crippen molar-refractivity contribution in [3.05, 3.63) is 52.2 Å². The summed E-state index contributed by atoms with van der Waals surface area (Å²) in [7, 11) is 0. The monoisotopic (exact) mass is 409 g/mol. The normalized spacial score (nSPS) is 12.1. The van der Waals surface area contributed by atoms with E-state index in [2.05, 4.69) is 9.72 Å². The molecule has 28 heavy (non-hydrogen) atoms. The quantitative estimate of drug-likeness (QED) is 0.682. The van der Waals surface area contributed by atoms with Crippen LogP contribution >= 0.6 is 0 Å². The van der Waals surface area contributed by atoms with Crippen molar-refractivity contribution in [3.63, 3.8) is 0 Å². The molecule has 0 fully saturated rings. The van der Waals surface area contributed by atoms with Crippen LogP contribution in [-0.2, 0) is 6.42 Å². The molecule has 1 heterocycles. The van der Waals surface area contributed by atoms with Crippen molar-refractivity contribution in [2.45, 2.75) is 25.2 Å². The number of nitrogens with zero attached hydrogens (tertiary/aromatic N) is 2. The Morgan fingerprint density at radius 2 is 1.68 bits per heavy atom. The molecular formula is C16H11F6N2O4-. The predicted molar refractivity (Wildman–Crippen MR) is 80.1 cm³/mol. The molecule has 0 aliphatic carbocycles. The molecule has 0 aliphatic rings. The molecule has 0 atom stereocenters. The minimum Gasteiger partial charge on any atom is -0.543 e. The van der Waals surface area contributed by atoms with Crippen LogP contribution in [0.25, 0.3) is 5.69 Å². The number of carboxylic acid groups (broad SMARTS) is 1. The Hall–Kier alpha value is -3.05. The molecule has 1 aromatic heterocycles. The lowest BCUT2D eigenvalue weighted by atomic mass is 10.2. The number of alkyl halides is 6. The molecular weight excluding hydrogens is 398 g/mol. The first-order valence-electron chi connectivity index (χ1n) is 7.57. The first-order valence-corrected chi connectivity index (χ1v) is 7.57. The first kappa shape index (κ1) is 21.3. The number of hydrogen-bond donors (Lipinski definition) is 0. The fourth-order valence-corrected chi connectivity index (χ4v) is 2.19. The average Bonchev–Trinajstić information content (AvgIpc) is 2.57. The van der Waals surface area contributed by atoms with E-state index in [0.29, 0.717) is 6.07 Å². The molecule has 0 saturated carbocycles. The van der Waals surface area contributed by atoms with E-state index in [1.54, 1.807) is 0 Å². The third-order valence-electron chi connectivity index (χ3n) is 3.33. The second kappa shape index (κ2) is 7.90. The fourth-order valence-electron chi connectivity index (χ4n) is 2.19. The lowest BCUT2D eigenvalue weighted by molar-refractivity contribution is -0.255. The van der Waals surface area contributed by atoms with Crippen LogP contribution in [-0.4, -0.2) is 34.5 Å². The zero-order chi connectivity index (χ0) is 21.1. The highest BCUT2D eigenvalue weighted by atomic mass is 19.4. The zero-order valence-corrected chi connectivity index (χ0v) is 13.8. The van der Waals surface area contributed by atoms with Gasteiger partial charge in [-0.15, -0.1) is 0 Å². The molecule has 152 valence electrons. The topological polar surface area (TPSA) is 84.2 Å². The van der Waals surface area contributed by atoms with Gasteiger partial charge in [-0.2, -0.15) is 26.3 Å². The Balaban J connectivity index is 2.40. The number of aryl methyl sites for hydroxylation is 1. The van der Waals surface area contributed by atoms with Crippen molar-refractivity contribution >= 4 is 5.97 Å². The molecule has 0 N–H and O–H groups in total. The highest BCUT2D eigenvalue weighted by molar-refractivity contribution is 5.83. The molecule has 0 bridgehead atoms. The summed E-state index contributed by atoms with van der Waals surface area (Å²) in [4.78, 5) is 26.6. The smallest absolute Gasteiger partial charge is 0.422 e. The number of rotatable bonds is 6. The molecule has 12 heteroatoms. The van der Waals surface area contributed by atoms with Crippen LogP contribution in [0.2, 0.25) is 0 Å². The van der Waals surface area contributed by atoms with Crippen molar-refractivity contribution in [2.75, 3.05) is 6.61 Å². The lowest BCUT2D eigenvalue weighted by Crippen LogP contribution is -2.31. The lowest BCUT2D eigenvalue weighted by Gasteiger charge is -2.15. The number of aromatic carboxylic acids is 1. The molecule has 1 aromatic carbocycles. The molecule has 0 aliphatic heterocycles. The second-order valence-corrected chi connectivity index (χ2v) is 5.53. The van der Waals surface area contributed by atoms with Crippen LogP contribution in [0.1, 0.15) is 22.7 Å². The summed E-state index contributed by atoms with van der Waals surface area (Å²) in [5, 5.41) is 10.9. The van der Waals surface area contributed by atoms with Crippen molar-refractivity contribution in [1.29, 1.82) is 0 Å². The summed E-state index contributed by atoms with van der Waals surface area (Å²) in [6.45, 7) is -1.55. The minimum atomic E-state index is -4.59. The van der Waals surface area contributed by atoms with Crippen molar-refractivity contribution in [2.24, 2.45) is 0 Å². The second-order valence-electron chi connectivity index (χ2n) is 5.53. The van der Waals surface area contributed by atoms with Crippen LogP contribution < -0.4 is 15.4 Å². The van der Waals surface area contributed by atoms with Gasteiger partial charge in [-0.3, -0.25) is 9.36 Å². The number of carbonyl (C=O) groups excluding carboxylic acids is 1. The number of carbonyl (C=O) groups is 1. The van der Waals surface area contributed by atoms with Gasteiger partial charge in [0.25, 0.3) is 5.56 Å². The van der Waals surface area contributed by atoms with E-state index in [9.17, 15) is 41.0 Å². The van der Waals surface area contributed by atoms with E-state index in [1.807, 2.05) is 0 Å². The van der Waals surface area contributed by atoms with Gasteiger partial charge in [-0.05, 0) is 24.3 Å². The van der Waals surface area contributed by atoms with Gasteiger partial charge in [0.05, 0.1) is 23.8 Å². The zero-order valence-electron chi connectivity index (χ0n) is 13.8. The predicted octanol–water partition coefficient (Wildman–Crippen LogP) is 2.03. The number of ether oxygens (including phenoxy) is 1. The van der Waals surface area contributed by atoms with Crippen molar-refractivity contribution < 1.29 is 41.0 Å². The SMILES string of the molecule is O=C([O-])c1cc(=O)n(-c2ccc(OCC(F)(F)F)cc2)c(CCC(F)(F)F)n1. The van der Waals surface area contributed by atoms with Gasteiger partial charge in [0.2, 0.25) is 0 Å². The van der Waals surface area contributed by atoms with Crippen molar-refractivity contribution in [1.82, 2.24) is 9.55 Å². The summed E-state index contributed by atoms with van der Waals surface area (Å²) in [6, 6.07) is 4.98. The van der Waals surface area contributed by atoms with Crippen LogP contribution in [0.15, 0.2) is 35.1 Å². The highest BCUT2D eigenvalue weighted by Crippen LogP contribution is 2.23. The number of carboxylic acids is 1. The van der Waals surface area contributed by atoms with E-state index in [1.165, 1.54) is 0 Å².